The van der Waals surface area contributed by atoms with Crippen molar-refractivity contribution in [2.75, 3.05) is 6.54 Å². The number of hydrogen-bond acceptors (Lipinski definition) is 2. The Morgan fingerprint density at radius 1 is 1.15 bits per heavy atom. The average molecular weight is 361 g/mol. The Kier molecular flexibility index (Phi) is 5.23. The topological polar surface area (TPSA) is 57.8 Å². The van der Waals surface area contributed by atoms with Crippen LogP contribution in [0.15, 0.2) is 48.5 Å². The number of rotatable bonds is 6. The molecule has 140 valence electrons. The number of hydrogen-bond donors (Lipinski definition) is 2. The molecular formula is C23H27N3O. The second-order valence-corrected chi connectivity index (χ2v) is 7.63. The number of amides is 1. The van der Waals surface area contributed by atoms with Gasteiger partial charge in [0.25, 0.3) is 0 Å². The summed E-state index contributed by atoms with van der Waals surface area (Å²) in [6, 6.07) is 16.4. The number of aromatic amines is 1. The minimum Gasteiger partial charge on any atom is -0.355 e. The summed E-state index contributed by atoms with van der Waals surface area (Å²) in [6.45, 7) is 2.68. The van der Waals surface area contributed by atoms with E-state index in [4.69, 9.17) is 0 Å². The van der Waals surface area contributed by atoms with Gasteiger partial charge in [0.2, 0.25) is 5.91 Å². The van der Waals surface area contributed by atoms with Crippen molar-refractivity contribution in [2.45, 2.75) is 44.9 Å². The van der Waals surface area contributed by atoms with Crippen molar-refractivity contribution in [3.63, 3.8) is 0 Å². The zero-order chi connectivity index (χ0) is 18.6. The number of H-pyrrole nitrogens is 1. The predicted molar refractivity (Wildman–Crippen MR) is 109 cm³/mol. The third-order valence-electron chi connectivity index (χ3n) is 5.74. The zero-order valence-corrected chi connectivity index (χ0v) is 15.9. The van der Waals surface area contributed by atoms with Crippen LogP contribution in [0.1, 0.15) is 48.6 Å². The van der Waals surface area contributed by atoms with Gasteiger partial charge in [0, 0.05) is 13.0 Å². The summed E-state index contributed by atoms with van der Waals surface area (Å²) >= 11 is 0. The SMILES string of the molecule is Cc1cccc2[nH]c(CCNC(=O)C(c3ccccc3)C3CCCC3)nc12. The van der Waals surface area contributed by atoms with E-state index in [-0.39, 0.29) is 11.8 Å². The van der Waals surface area contributed by atoms with Crippen LogP contribution in [0, 0.1) is 12.8 Å². The molecule has 1 saturated carbocycles. The molecule has 3 aromatic rings. The Morgan fingerprint density at radius 3 is 2.67 bits per heavy atom. The zero-order valence-electron chi connectivity index (χ0n) is 15.9. The molecule has 1 fully saturated rings. The highest BCUT2D eigenvalue weighted by atomic mass is 16.1. The maximum absolute atomic E-state index is 13.0. The van der Waals surface area contributed by atoms with Crippen molar-refractivity contribution >= 4 is 16.9 Å². The quantitative estimate of drug-likeness (QED) is 0.679. The molecule has 0 aliphatic heterocycles. The van der Waals surface area contributed by atoms with Gasteiger partial charge in [-0.05, 0) is 42.9 Å². The third kappa shape index (κ3) is 3.90. The van der Waals surface area contributed by atoms with Gasteiger partial charge in [-0.25, -0.2) is 4.98 Å². The van der Waals surface area contributed by atoms with Gasteiger partial charge in [-0.1, -0.05) is 55.3 Å². The molecule has 1 heterocycles. The van der Waals surface area contributed by atoms with Crippen molar-refractivity contribution in [1.82, 2.24) is 15.3 Å². The molecule has 1 unspecified atom stereocenters. The van der Waals surface area contributed by atoms with E-state index >= 15 is 0 Å². The molecule has 0 bridgehead atoms. The minimum atomic E-state index is -0.0355. The Morgan fingerprint density at radius 2 is 1.93 bits per heavy atom. The van der Waals surface area contributed by atoms with E-state index in [1.807, 2.05) is 30.3 Å². The molecule has 1 aliphatic carbocycles. The molecule has 2 aromatic carbocycles. The first-order valence-electron chi connectivity index (χ1n) is 9.99. The van der Waals surface area contributed by atoms with Crippen molar-refractivity contribution < 1.29 is 4.79 Å². The van der Waals surface area contributed by atoms with Crippen LogP contribution in [-0.4, -0.2) is 22.4 Å². The van der Waals surface area contributed by atoms with Gasteiger partial charge in [0.05, 0.1) is 17.0 Å². The normalized spacial score (nSPS) is 15.9. The van der Waals surface area contributed by atoms with E-state index in [9.17, 15) is 4.79 Å². The van der Waals surface area contributed by atoms with Crippen molar-refractivity contribution in [3.8, 4) is 0 Å². The molecule has 4 nitrogen and oxygen atoms in total. The molecule has 0 radical (unpaired) electrons. The summed E-state index contributed by atoms with van der Waals surface area (Å²) in [6.07, 6.45) is 5.48. The maximum Gasteiger partial charge on any atom is 0.227 e. The van der Waals surface area contributed by atoms with Crippen molar-refractivity contribution in [1.29, 1.82) is 0 Å². The molecule has 1 aromatic heterocycles. The lowest BCUT2D eigenvalue weighted by atomic mass is 9.84. The molecule has 2 N–H and O–H groups in total. The number of fused-ring (bicyclic) bond motifs is 1. The Labute approximate surface area is 160 Å². The minimum absolute atomic E-state index is 0.0355. The van der Waals surface area contributed by atoms with Crippen LogP contribution in [-0.2, 0) is 11.2 Å². The molecule has 1 aliphatic rings. The Bertz CT molecular complexity index is 910. The van der Waals surface area contributed by atoms with Gasteiger partial charge in [-0.2, -0.15) is 0 Å². The summed E-state index contributed by atoms with van der Waals surface area (Å²) < 4.78 is 0. The first-order chi connectivity index (χ1) is 13.2. The molecule has 4 rings (SSSR count). The number of para-hydroxylation sites is 1. The lowest BCUT2D eigenvalue weighted by Gasteiger charge is -2.23. The first kappa shape index (κ1) is 17.8. The summed E-state index contributed by atoms with van der Waals surface area (Å²) in [5.74, 6) is 1.50. The number of carbonyl (C=O) groups is 1. The Balaban J connectivity index is 1.42. The van der Waals surface area contributed by atoms with E-state index in [0.29, 0.717) is 18.9 Å². The van der Waals surface area contributed by atoms with E-state index < -0.39 is 0 Å². The van der Waals surface area contributed by atoms with E-state index in [0.717, 1.165) is 35.3 Å². The van der Waals surface area contributed by atoms with Crippen LogP contribution in [0.3, 0.4) is 0 Å². The number of aromatic nitrogens is 2. The number of aryl methyl sites for hydroxylation is 1. The standard InChI is InChI=1S/C23H27N3O/c1-16-8-7-13-19-22(16)26-20(25-19)14-15-24-23(27)21(18-11-5-6-12-18)17-9-3-2-4-10-17/h2-4,7-10,13,18,21H,5-6,11-12,14-15H2,1H3,(H,24,27)(H,25,26). The second kappa shape index (κ2) is 7.95. The molecule has 0 spiro atoms. The Hall–Kier alpha value is -2.62. The summed E-state index contributed by atoms with van der Waals surface area (Å²) in [5, 5.41) is 3.17. The fraction of sp³-hybridized carbons (Fsp3) is 0.391. The molecular weight excluding hydrogens is 334 g/mol. The van der Waals surface area contributed by atoms with Crippen LogP contribution in [0.2, 0.25) is 0 Å². The smallest absolute Gasteiger partial charge is 0.227 e. The van der Waals surface area contributed by atoms with Gasteiger partial charge in [0.15, 0.2) is 0 Å². The van der Waals surface area contributed by atoms with Crippen LogP contribution < -0.4 is 5.32 Å². The first-order valence-corrected chi connectivity index (χ1v) is 9.99. The van der Waals surface area contributed by atoms with Crippen molar-refractivity contribution in [3.05, 3.63) is 65.5 Å². The van der Waals surface area contributed by atoms with Gasteiger partial charge in [-0.15, -0.1) is 0 Å². The van der Waals surface area contributed by atoms with E-state index in [1.165, 1.54) is 18.4 Å². The highest BCUT2D eigenvalue weighted by molar-refractivity contribution is 5.84. The van der Waals surface area contributed by atoms with E-state index in [1.54, 1.807) is 0 Å². The second-order valence-electron chi connectivity index (χ2n) is 7.63. The fourth-order valence-corrected chi connectivity index (χ4v) is 4.35. The van der Waals surface area contributed by atoms with Crippen LogP contribution in [0.25, 0.3) is 11.0 Å². The molecule has 4 heteroatoms. The lowest BCUT2D eigenvalue weighted by Crippen LogP contribution is -2.34. The summed E-state index contributed by atoms with van der Waals surface area (Å²) in [7, 11) is 0. The van der Waals surface area contributed by atoms with Gasteiger partial charge >= 0.3 is 0 Å². The predicted octanol–water partition coefficient (Wildman–Crippen LogP) is 4.50. The van der Waals surface area contributed by atoms with Gasteiger partial charge < -0.3 is 10.3 Å². The maximum atomic E-state index is 13.0. The van der Waals surface area contributed by atoms with Gasteiger partial charge in [0.1, 0.15) is 5.82 Å². The number of benzene rings is 2. The lowest BCUT2D eigenvalue weighted by molar-refractivity contribution is -0.123. The summed E-state index contributed by atoms with van der Waals surface area (Å²) in [4.78, 5) is 21.1. The van der Waals surface area contributed by atoms with E-state index in [2.05, 4.69) is 40.4 Å². The monoisotopic (exact) mass is 361 g/mol. The van der Waals surface area contributed by atoms with Crippen LogP contribution in [0.4, 0.5) is 0 Å². The molecule has 1 atom stereocenters. The fourth-order valence-electron chi connectivity index (χ4n) is 4.35. The highest BCUT2D eigenvalue weighted by Gasteiger charge is 2.31. The summed E-state index contributed by atoms with van der Waals surface area (Å²) in [5.41, 5.74) is 4.39. The molecule has 1 amide bonds. The van der Waals surface area contributed by atoms with Crippen LogP contribution in [0.5, 0.6) is 0 Å². The highest BCUT2D eigenvalue weighted by Crippen LogP contribution is 2.37. The van der Waals surface area contributed by atoms with Crippen LogP contribution >= 0.6 is 0 Å². The third-order valence-corrected chi connectivity index (χ3v) is 5.74. The number of nitrogens with one attached hydrogen (secondary N) is 2. The van der Waals surface area contributed by atoms with Crippen molar-refractivity contribution in [2.24, 2.45) is 5.92 Å². The number of nitrogens with zero attached hydrogens (tertiary/aromatic N) is 1. The molecule has 0 saturated heterocycles. The molecule has 27 heavy (non-hydrogen) atoms. The largest absolute Gasteiger partial charge is 0.355 e. The van der Waals surface area contributed by atoms with Gasteiger partial charge in [-0.3, -0.25) is 4.79 Å². The average Bonchev–Trinajstić information content (AvgIpc) is 3.33. The number of imidazole rings is 1. The number of carbonyl (C=O) groups excluding carboxylic acids is 1.